The number of furan rings is 1. The molecule has 0 spiro atoms. The fraction of sp³-hybridized carbons (Fsp3) is 0.143. The average molecular weight is 292 g/mol. The number of halogens is 1. The molecule has 0 saturated carbocycles. The van der Waals surface area contributed by atoms with Gasteiger partial charge in [0.1, 0.15) is 11.6 Å². The van der Waals surface area contributed by atoms with Crippen molar-refractivity contribution in [1.82, 2.24) is 5.32 Å². The Morgan fingerprint density at radius 1 is 1.29 bits per heavy atom. The van der Waals surface area contributed by atoms with Gasteiger partial charge in [-0.15, -0.1) is 0 Å². The molecule has 7 heteroatoms. The Kier molecular flexibility index (Phi) is 4.22. The maximum Gasteiger partial charge on any atom is 0.337 e. The van der Waals surface area contributed by atoms with Crippen LogP contribution in [0.3, 0.4) is 0 Å². The Hall–Kier alpha value is -2.83. The first-order valence-corrected chi connectivity index (χ1v) is 6.11. The minimum atomic E-state index is -1.33. The molecule has 1 heterocycles. The number of urea groups is 1. The first kappa shape index (κ1) is 14.6. The number of carbonyl (C=O) groups excluding carboxylic acids is 1. The number of amides is 2. The van der Waals surface area contributed by atoms with E-state index in [-0.39, 0.29) is 11.3 Å². The molecule has 110 valence electrons. The van der Waals surface area contributed by atoms with Crippen molar-refractivity contribution in [3.8, 4) is 0 Å². The van der Waals surface area contributed by atoms with Crippen molar-refractivity contribution in [1.29, 1.82) is 0 Å². The van der Waals surface area contributed by atoms with Crippen LogP contribution in [-0.2, 0) is 0 Å². The van der Waals surface area contributed by atoms with Crippen LogP contribution in [0.25, 0.3) is 0 Å². The first-order chi connectivity index (χ1) is 9.99. The molecule has 0 fully saturated rings. The Labute approximate surface area is 119 Å². The Morgan fingerprint density at radius 2 is 2.05 bits per heavy atom. The molecule has 1 aromatic carbocycles. The van der Waals surface area contributed by atoms with Crippen LogP contribution >= 0.6 is 0 Å². The molecule has 3 N–H and O–H groups in total. The molecule has 1 aromatic heterocycles. The van der Waals surface area contributed by atoms with E-state index in [1.807, 2.05) is 0 Å². The minimum absolute atomic E-state index is 0.323. The van der Waals surface area contributed by atoms with Gasteiger partial charge in [0.25, 0.3) is 0 Å². The van der Waals surface area contributed by atoms with Gasteiger partial charge in [-0.05, 0) is 31.2 Å². The van der Waals surface area contributed by atoms with Gasteiger partial charge in [0.05, 0.1) is 23.6 Å². The summed E-state index contributed by atoms with van der Waals surface area (Å²) in [5.74, 6) is -1.63. The molecule has 1 atom stereocenters. The van der Waals surface area contributed by atoms with Gasteiger partial charge in [0, 0.05) is 0 Å². The molecule has 0 aliphatic carbocycles. The van der Waals surface area contributed by atoms with E-state index in [0.717, 1.165) is 6.07 Å². The zero-order valence-corrected chi connectivity index (χ0v) is 11.1. The zero-order valence-electron chi connectivity index (χ0n) is 11.1. The SMILES string of the molecule is CC(NC(=O)Nc1c(F)cccc1C(=O)O)c1ccco1. The van der Waals surface area contributed by atoms with Gasteiger partial charge in [-0.2, -0.15) is 0 Å². The summed E-state index contributed by atoms with van der Waals surface area (Å²) in [7, 11) is 0. The highest BCUT2D eigenvalue weighted by atomic mass is 19.1. The molecule has 6 nitrogen and oxygen atoms in total. The molecule has 21 heavy (non-hydrogen) atoms. The summed E-state index contributed by atoms with van der Waals surface area (Å²) in [5, 5.41) is 13.7. The Bertz CT molecular complexity index is 655. The van der Waals surface area contributed by atoms with Gasteiger partial charge in [-0.3, -0.25) is 0 Å². The lowest BCUT2D eigenvalue weighted by Gasteiger charge is -2.14. The van der Waals surface area contributed by atoms with Crippen LogP contribution < -0.4 is 10.6 Å². The lowest BCUT2D eigenvalue weighted by Crippen LogP contribution is -2.31. The van der Waals surface area contributed by atoms with Crippen LogP contribution in [-0.4, -0.2) is 17.1 Å². The van der Waals surface area contributed by atoms with Crippen LogP contribution in [0.4, 0.5) is 14.9 Å². The van der Waals surface area contributed by atoms with Crippen molar-refractivity contribution in [3.63, 3.8) is 0 Å². The molecule has 0 bridgehead atoms. The molecule has 0 saturated heterocycles. The molecular formula is C14H13FN2O4. The molecule has 2 amide bonds. The summed E-state index contributed by atoms with van der Waals surface area (Å²) in [4.78, 5) is 22.8. The van der Waals surface area contributed by atoms with Crippen molar-refractivity contribution in [2.45, 2.75) is 13.0 Å². The third-order valence-corrected chi connectivity index (χ3v) is 2.80. The zero-order chi connectivity index (χ0) is 15.4. The monoisotopic (exact) mass is 292 g/mol. The lowest BCUT2D eigenvalue weighted by molar-refractivity contribution is 0.0697. The summed E-state index contributed by atoms with van der Waals surface area (Å²) in [6.45, 7) is 1.68. The largest absolute Gasteiger partial charge is 0.478 e. The van der Waals surface area contributed by atoms with Crippen LogP contribution in [0.2, 0.25) is 0 Å². The Balaban J connectivity index is 2.11. The van der Waals surface area contributed by atoms with E-state index in [1.54, 1.807) is 19.1 Å². The number of rotatable bonds is 4. The fourth-order valence-corrected chi connectivity index (χ4v) is 1.78. The minimum Gasteiger partial charge on any atom is -0.478 e. The molecule has 0 aliphatic rings. The van der Waals surface area contributed by atoms with Crippen molar-refractivity contribution >= 4 is 17.7 Å². The van der Waals surface area contributed by atoms with E-state index >= 15 is 0 Å². The Morgan fingerprint density at radius 3 is 2.67 bits per heavy atom. The number of anilines is 1. The van der Waals surface area contributed by atoms with Crippen LogP contribution in [0.15, 0.2) is 41.0 Å². The molecular weight excluding hydrogens is 279 g/mol. The topological polar surface area (TPSA) is 91.6 Å². The standard InChI is InChI=1S/C14H13FN2O4/c1-8(11-6-3-7-21-11)16-14(20)17-12-9(13(18)19)4-2-5-10(12)15/h2-8H,1H3,(H,18,19)(H2,16,17,20). The fourth-order valence-electron chi connectivity index (χ4n) is 1.78. The van der Waals surface area contributed by atoms with E-state index in [0.29, 0.717) is 5.76 Å². The van der Waals surface area contributed by atoms with Gasteiger partial charge in [-0.1, -0.05) is 6.07 Å². The van der Waals surface area contributed by atoms with Crippen molar-refractivity contribution in [3.05, 3.63) is 53.7 Å². The molecule has 1 unspecified atom stereocenters. The van der Waals surface area contributed by atoms with Gasteiger partial charge in [0.15, 0.2) is 0 Å². The maximum absolute atomic E-state index is 13.7. The number of carboxylic acids is 1. The van der Waals surface area contributed by atoms with Gasteiger partial charge in [-0.25, -0.2) is 14.0 Å². The van der Waals surface area contributed by atoms with Gasteiger partial charge in [0.2, 0.25) is 0 Å². The third-order valence-electron chi connectivity index (χ3n) is 2.80. The van der Waals surface area contributed by atoms with Crippen LogP contribution in [0.1, 0.15) is 29.1 Å². The highest BCUT2D eigenvalue weighted by Gasteiger charge is 2.18. The summed E-state index contributed by atoms with van der Waals surface area (Å²) in [6, 6.07) is 5.70. The van der Waals surface area contributed by atoms with Crippen molar-refractivity contribution in [2.24, 2.45) is 0 Å². The number of aromatic carboxylic acids is 1. The third kappa shape index (κ3) is 3.38. The van der Waals surface area contributed by atoms with E-state index < -0.39 is 23.9 Å². The maximum atomic E-state index is 13.7. The number of nitrogens with one attached hydrogen (secondary N) is 2. The second-order valence-electron chi connectivity index (χ2n) is 4.30. The lowest BCUT2D eigenvalue weighted by atomic mass is 10.1. The van der Waals surface area contributed by atoms with Gasteiger partial charge >= 0.3 is 12.0 Å². The summed E-state index contributed by atoms with van der Waals surface area (Å²) in [6.07, 6.45) is 1.46. The quantitative estimate of drug-likeness (QED) is 0.807. The summed E-state index contributed by atoms with van der Waals surface area (Å²) >= 11 is 0. The predicted molar refractivity (Wildman–Crippen MR) is 72.6 cm³/mol. The second kappa shape index (κ2) is 6.08. The highest BCUT2D eigenvalue weighted by Crippen LogP contribution is 2.20. The number of carbonyl (C=O) groups is 2. The smallest absolute Gasteiger partial charge is 0.337 e. The predicted octanol–water partition coefficient (Wildman–Crippen LogP) is 3.00. The first-order valence-electron chi connectivity index (χ1n) is 6.11. The van der Waals surface area contributed by atoms with Crippen molar-refractivity contribution < 1.29 is 23.5 Å². The summed E-state index contributed by atoms with van der Waals surface area (Å²) in [5.41, 5.74) is -0.704. The van der Waals surface area contributed by atoms with E-state index in [1.165, 1.54) is 18.4 Å². The van der Waals surface area contributed by atoms with E-state index in [9.17, 15) is 14.0 Å². The van der Waals surface area contributed by atoms with Crippen LogP contribution in [0.5, 0.6) is 0 Å². The number of para-hydroxylation sites is 1. The number of hydrogen-bond donors (Lipinski definition) is 3. The van der Waals surface area contributed by atoms with Gasteiger partial charge < -0.3 is 20.2 Å². The number of carboxylic acid groups (broad SMARTS) is 1. The average Bonchev–Trinajstić information content (AvgIpc) is 2.94. The summed E-state index contributed by atoms with van der Waals surface area (Å²) < 4.78 is 18.8. The molecule has 0 radical (unpaired) electrons. The van der Waals surface area contributed by atoms with Crippen molar-refractivity contribution in [2.75, 3.05) is 5.32 Å². The van der Waals surface area contributed by atoms with E-state index in [4.69, 9.17) is 9.52 Å². The highest BCUT2D eigenvalue weighted by molar-refractivity contribution is 6.00. The number of hydrogen-bond acceptors (Lipinski definition) is 3. The number of benzene rings is 1. The molecule has 2 aromatic rings. The molecule has 2 rings (SSSR count). The van der Waals surface area contributed by atoms with Crippen LogP contribution in [0, 0.1) is 5.82 Å². The van der Waals surface area contributed by atoms with E-state index in [2.05, 4.69) is 10.6 Å². The molecule has 0 aliphatic heterocycles. The second-order valence-corrected chi connectivity index (χ2v) is 4.30. The normalized spacial score (nSPS) is 11.7.